The number of aromatic amines is 1. The Bertz CT molecular complexity index is 1570. The largest absolute Gasteiger partial charge is 0.436 e. The second kappa shape index (κ2) is 13.4. The van der Waals surface area contributed by atoms with Crippen LogP contribution in [-0.2, 0) is 22.5 Å². The van der Waals surface area contributed by atoms with E-state index in [1.807, 2.05) is 33.4 Å². The molecule has 13 heteroatoms. The van der Waals surface area contributed by atoms with Gasteiger partial charge in [0.05, 0.1) is 29.0 Å². The number of carbonyl (C=O) groups is 3. The first-order valence-electron chi connectivity index (χ1n) is 16.5. The fourth-order valence-electron chi connectivity index (χ4n) is 7.72. The van der Waals surface area contributed by atoms with Gasteiger partial charge in [-0.05, 0) is 99.6 Å². The number of likely N-dealkylation sites (tertiary alicyclic amines) is 3. The third-order valence-corrected chi connectivity index (χ3v) is 11.7. The minimum absolute atomic E-state index is 0.0337. The lowest BCUT2D eigenvalue weighted by molar-refractivity contribution is -0.142. The predicted octanol–water partition coefficient (Wildman–Crippen LogP) is 5.42. The number of hydrogen-bond donors (Lipinski definition) is 2. The number of halogens is 1. The number of aromatic nitrogens is 2. The molecule has 0 unspecified atom stereocenters. The molecule has 4 amide bonds. The van der Waals surface area contributed by atoms with Crippen LogP contribution in [0.1, 0.15) is 49.0 Å². The standard InChI is InChI=1S/C33H42ClN7O4S/c1-38-9-2-22(3-10-38)23-4-11-39(12-5-23)31(42)28(18-21-16-24-19-35-37-30(24)26(34)17-21)45-33(44)40-13-6-25(7-14-40)41-20-29-27(8-15-46-29)36-32(41)43/h8,15-17,19,22-23,25,28H,2-7,9-14,18,20H2,1H3,(H,35,37)(H,36,43)/t28-/m1/s1. The maximum atomic E-state index is 14.0. The molecule has 2 N–H and O–H groups in total. The van der Waals surface area contributed by atoms with Crippen LogP contribution in [0.15, 0.2) is 29.8 Å². The Morgan fingerprint density at radius 2 is 1.72 bits per heavy atom. The average Bonchev–Trinajstić information content (AvgIpc) is 3.74. The summed E-state index contributed by atoms with van der Waals surface area (Å²) in [5.74, 6) is 1.21. The van der Waals surface area contributed by atoms with E-state index < -0.39 is 12.2 Å². The molecule has 0 aliphatic carbocycles. The van der Waals surface area contributed by atoms with E-state index in [4.69, 9.17) is 16.3 Å². The van der Waals surface area contributed by atoms with Gasteiger partial charge < -0.3 is 29.7 Å². The third-order valence-electron chi connectivity index (χ3n) is 10.5. The highest BCUT2D eigenvalue weighted by Gasteiger charge is 2.37. The number of fused-ring (bicyclic) bond motifs is 2. The summed E-state index contributed by atoms with van der Waals surface area (Å²) in [5, 5.41) is 13.3. The molecule has 3 aromatic rings. The van der Waals surface area contributed by atoms with Gasteiger partial charge in [-0.15, -0.1) is 11.3 Å². The van der Waals surface area contributed by atoms with Gasteiger partial charge in [-0.3, -0.25) is 9.89 Å². The smallest absolute Gasteiger partial charge is 0.410 e. The van der Waals surface area contributed by atoms with E-state index in [9.17, 15) is 14.4 Å². The number of nitrogens with zero attached hydrogens (tertiary/aromatic N) is 5. The molecule has 7 rings (SSSR count). The molecule has 246 valence electrons. The second-order valence-corrected chi connectivity index (χ2v) is 14.7. The van der Waals surface area contributed by atoms with Gasteiger partial charge in [0.15, 0.2) is 6.10 Å². The van der Waals surface area contributed by atoms with E-state index in [-0.39, 0.29) is 24.4 Å². The van der Waals surface area contributed by atoms with Crippen molar-refractivity contribution in [2.75, 3.05) is 51.6 Å². The van der Waals surface area contributed by atoms with Gasteiger partial charge >= 0.3 is 12.1 Å². The zero-order chi connectivity index (χ0) is 31.8. The Morgan fingerprint density at radius 3 is 2.46 bits per heavy atom. The summed E-state index contributed by atoms with van der Waals surface area (Å²) >= 11 is 8.17. The summed E-state index contributed by atoms with van der Waals surface area (Å²) in [6.45, 7) is 5.15. The molecule has 1 atom stereocenters. The van der Waals surface area contributed by atoms with Crippen molar-refractivity contribution in [3.05, 3.63) is 45.2 Å². The van der Waals surface area contributed by atoms with Crippen LogP contribution in [0.25, 0.3) is 10.9 Å². The van der Waals surface area contributed by atoms with Gasteiger partial charge in [-0.1, -0.05) is 11.6 Å². The van der Waals surface area contributed by atoms with Crippen LogP contribution < -0.4 is 5.32 Å². The molecule has 4 aliphatic heterocycles. The summed E-state index contributed by atoms with van der Waals surface area (Å²) < 4.78 is 6.07. The second-order valence-electron chi connectivity index (χ2n) is 13.3. The maximum absolute atomic E-state index is 14.0. The first-order chi connectivity index (χ1) is 22.3. The van der Waals surface area contributed by atoms with Gasteiger partial charge in [0.25, 0.3) is 5.91 Å². The molecule has 0 radical (unpaired) electrons. The average molecular weight is 668 g/mol. The molecule has 6 heterocycles. The highest BCUT2D eigenvalue weighted by molar-refractivity contribution is 7.10. The normalized spacial score (nSPS) is 21.3. The molecule has 3 saturated heterocycles. The maximum Gasteiger partial charge on any atom is 0.410 e. The van der Waals surface area contributed by atoms with Crippen LogP contribution in [-0.4, -0.2) is 106 Å². The summed E-state index contributed by atoms with van der Waals surface area (Å²) in [7, 11) is 2.19. The number of piperidine rings is 3. The molecule has 0 bridgehead atoms. The third kappa shape index (κ3) is 6.57. The molecule has 4 aliphatic rings. The van der Waals surface area contributed by atoms with E-state index in [2.05, 4.69) is 27.5 Å². The van der Waals surface area contributed by atoms with Crippen molar-refractivity contribution in [2.24, 2.45) is 11.8 Å². The van der Waals surface area contributed by atoms with Gasteiger partial charge in [0, 0.05) is 48.9 Å². The van der Waals surface area contributed by atoms with Crippen molar-refractivity contribution in [3.63, 3.8) is 0 Å². The number of amides is 4. The molecular weight excluding hydrogens is 626 g/mol. The Balaban J connectivity index is 1.00. The van der Waals surface area contributed by atoms with Gasteiger partial charge in [0.1, 0.15) is 0 Å². The van der Waals surface area contributed by atoms with Gasteiger partial charge in [0.2, 0.25) is 0 Å². The van der Waals surface area contributed by atoms with Gasteiger partial charge in [-0.2, -0.15) is 5.10 Å². The van der Waals surface area contributed by atoms with Crippen molar-refractivity contribution in [1.29, 1.82) is 0 Å². The van der Waals surface area contributed by atoms with E-state index >= 15 is 0 Å². The fourth-order valence-corrected chi connectivity index (χ4v) is 8.84. The molecule has 0 spiro atoms. The zero-order valence-corrected chi connectivity index (χ0v) is 27.8. The number of thiophene rings is 1. The number of rotatable bonds is 6. The zero-order valence-electron chi connectivity index (χ0n) is 26.3. The number of nitrogens with one attached hydrogen (secondary N) is 2. The topological polar surface area (TPSA) is 114 Å². The van der Waals surface area contributed by atoms with Crippen LogP contribution in [0.2, 0.25) is 5.02 Å². The highest BCUT2D eigenvalue weighted by Crippen LogP contribution is 2.34. The van der Waals surface area contributed by atoms with Crippen LogP contribution in [0, 0.1) is 11.8 Å². The van der Waals surface area contributed by atoms with Crippen LogP contribution >= 0.6 is 22.9 Å². The molecule has 1 aromatic carbocycles. The highest BCUT2D eigenvalue weighted by atomic mass is 35.5. The minimum atomic E-state index is -0.962. The van der Waals surface area contributed by atoms with E-state index in [1.165, 1.54) is 12.8 Å². The monoisotopic (exact) mass is 667 g/mol. The van der Waals surface area contributed by atoms with Crippen molar-refractivity contribution in [1.82, 2.24) is 29.8 Å². The van der Waals surface area contributed by atoms with Crippen molar-refractivity contribution in [3.8, 4) is 0 Å². The van der Waals surface area contributed by atoms with E-state index in [1.54, 1.807) is 22.4 Å². The minimum Gasteiger partial charge on any atom is -0.436 e. The fraction of sp³-hybridized carbons (Fsp3) is 0.576. The van der Waals surface area contributed by atoms with Crippen LogP contribution in [0.3, 0.4) is 0 Å². The lowest BCUT2D eigenvalue weighted by atomic mass is 9.79. The first-order valence-corrected chi connectivity index (χ1v) is 17.8. The number of urea groups is 1. The summed E-state index contributed by atoms with van der Waals surface area (Å²) in [6, 6.07) is 5.64. The predicted molar refractivity (Wildman–Crippen MR) is 178 cm³/mol. The van der Waals surface area contributed by atoms with Crippen molar-refractivity contribution >= 4 is 57.6 Å². The SMILES string of the molecule is CN1CCC(C2CCN(C(=O)[C@@H](Cc3cc(Cl)c4[nH]ncc4c3)OC(=O)N3CCC(N4Cc5sccc5NC4=O)CC3)CC2)CC1. The summed E-state index contributed by atoms with van der Waals surface area (Å²) in [4.78, 5) is 49.4. The number of hydrogen-bond acceptors (Lipinski definition) is 7. The molecule has 2 aromatic heterocycles. The molecule has 0 saturated carbocycles. The summed E-state index contributed by atoms with van der Waals surface area (Å²) in [6.07, 6.45) is 6.20. The summed E-state index contributed by atoms with van der Waals surface area (Å²) in [5.41, 5.74) is 2.44. The number of anilines is 1. The first kappa shape index (κ1) is 31.3. The lowest BCUT2D eigenvalue weighted by Gasteiger charge is -2.41. The Hall–Kier alpha value is -3.35. The van der Waals surface area contributed by atoms with Crippen LogP contribution in [0.5, 0.6) is 0 Å². The number of carbonyl (C=O) groups excluding carboxylic acids is 3. The number of benzene rings is 1. The Morgan fingerprint density at radius 1 is 1.02 bits per heavy atom. The van der Waals surface area contributed by atoms with Gasteiger partial charge in [-0.25, -0.2) is 9.59 Å². The Labute approximate surface area is 278 Å². The Kier molecular flexibility index (Phi) is 9.11. The molecule has 46 heavy (non-hydrogen) atoms. The number of ether oxygens (including phenoxy) is 1. The van der Waals surface area contributed by atoms with Crippen molar-refractivity contribution < 1.29 is 19.1 Å². The molecule has 11 nitrogen and oxygen atoms in total. The van der Waals surface area contributed by atoms with E-state index in [0.29, 0.717) is 56.5 Å². The van der Waals surface area contributed by atoms with Crippen molar-refractivity contribution in [2.45, 2.75) is 63.6 Å². The molecular formula is C33H42ClN7O4S. The van der Waals surface area contributed by atoms with E-state index in [0.717, 1.165) is 58.9 Å². The quantitative estimate of drug-likeness (QED) is 0.363. The molecule has 3 fully saturated rings. The van der Waals surface area contributed by atoms with Crippen LogP contribution in [0.4, 0.5) is 15.3 Å². The lowest BCUT2D eigenvalue weighted by Crippen LogP contribution is -2.52. The number of H-pyrrole nitrogens is 1.